The molecule has 0 unspecified atom stereocenters. The summed E-state index contributed by atoms with van der Waals surface area (Å²) >= 11 is 2.69. The fourth-order valence-electron chi connectivity index (χ4n) is 2.08. The molecule has 3 rings (SSSR count). The van der Waals surface area contributed by atoms with Crippen molar-refractivity contribution in [2.75, 3.05) is 5.32 Å². The summed E-state index contributed by atoms with van der Waals surface area (Å²) in [5, 5.41) is 5.46. The summed E-state index contributed by atoms with van der Waals surface area (Å²) < 4.78 is 5.35. The van der Waals surface area contributed by atoms with Crippen molar-refractivity contribution in [1.29, 1.82) is 0 Å². The van der Waals surface area contributed by atoms with Crippen molar-refractivity contribution in [1.82, 2.24) is 4.98 Å². The number of carbonyl (C=O) groups excluding carboxylic acids is 2. The van der Waals surface area contributed by atoms with Gasteiger partial charge in [-0.3, -0.25) is 4.79 Å². The molecule has 0 spiro atoms. The molecule has 0 saturated heterocycles. The van der Waals surface area contributed by atoms with Crippen LogP contribution in [-0.4, -0.2) is 16.9 Å². The predicted molar refractivity (Wildman–Crippen MR) is 95.3 cm³/mol. The number of anilines is 1. The number of thiazole rings is 1. The number of rotatable bonds is 4. The number of hydrogen-bond donors (Lipinski definition) is 1. The Morgan fingerprint density at radius 3 is 2.46 bits per heavy atom. The zero-order valence-corrected chi connectivity index (χ0v) is 14.7. The second-order valence-corrected chi connectivity index (χ2v) is 7.14. The topological polar surface area (TPSA) is 68.3 Å². The van der Waals surface area contributed by atoms with Crippen LogP contribution in [0, 0.1) is 13.8 Å². The van der Waals surface area contributed by atoms with Gasteiger partial charge in [0.05, 0.1) is 15.6 Å². The number of amides is 1. The number of nitrogens with zero attached hydrogens (tertiary/aromatic N) is 1. The maximum absolute atomic E-state index is 12.1. The highest BCUT2D eigenvalue weighted by molar-refractivity contribution is 7.13. The van der Waals surface area contributed by atoms with E-state index in [-0.39, 0.29) is 5.91 Å². The van der Waals surface area contributed by atoms with Gasteiger partial charge in [0.2, 0.25) is 0 Å². The van der Waals surface area contributed by atoms with Gasteiger partial charge in [-0.25, -0.2) is 9.78 Å². The molecule has 122 valence electrons. The normalized spacial score (nSPS) is 10.4. The lowest BCUT2D eigenvalue weighted by Gasteiger charge is -2.06. The molecule has 24 heavy (non-hydrogen) atoms. The van der Waals surface area contributed by atoms with Crippen molar-refractivity contribution in [3.8, 4) is 5.75 Å². The van der Waals surface area contributed by atoms with E-state index in [2.05, 4.69) is 10.3 Å². The fraction of sp³-hybridized carbons (Fsp3) is 0.118. The molecule has 1 N–H and O–H groups in total. The molecular formula is C17H14N2O3S2. The van der Waals surface area contributed by atoms with Crippen LogP contribution in [0.15, 0.2) is 41.8 Å². The van der Waals surface area contributed by atoms with Crippen LogP contribution in [0.25, 0.3) is 0 Å². The van der Waals surface area contributed by atoms with Crippen molar-refractivity contribution in [3.63, 3.8) is 0 Å². The third kappa shape index (κ3) is 3.69. The van der Waals surface area contributed by atoms with Crippen LogP contribution in [0.1, 0.15) is 30.0 Å². The van der Waals surface area contributed by atoms with Crippen molar-refractivity contribution in [2.45, 2.75) is 13.8 Å². The summed E-state index contributed by atoms with van der Waals surface area (Å²) in [7, 11) is 0. The molecule has 0 atom stereocenters. The van der Waals surface area contributed by atoms with Crippen molar-refractivity contribution in [2.24, 2.45) is 0 Å². The summed E-state index contributed by atoms with van der Waals surface area (Å²) in [6.45, 7) is 3.63. The Morgan fingerprint density at radius 1 is 1.12 bits per heavy atom. The number of aryl methyl sites for hydroxylation is 2. The molecule has 0 aliphatic carbocycles. The first kappa shape index (κ1) is 16.4. The average Bonchev–Trinajstić information content (AvgIpc) is 3.19. The molecule has 5 nitrogen and oxygen atoms in total. The van der Waals surface area contributed by atoms with E-state index in [4.69, 9.17) is 4.74 Å². The van der Waals surface area contributed by atoms with Crippen molar-refractivity contribution < 1.29 is 14.3 Å². The monoisotopic (exact) mass is 358 g/mol. The van der Waals surface area contributed by atoms with Gasteiger partial charge >= 0.3 is 5.97 Å². The second kappa shape index (κ2) is 6.94. The average molecular weight is 358 g/mol. The lowest BCUT2D eigenvalue weighted by atomic mass is 10.3. The van der Waals surface area contributed by atoms with Crippen LogP contribution in [-0.2, 0) is 0 Å². The van der Waals surface area contributed by atoms with E-state index in [1.54, 1.807) is 37.3 Å². The number of ether oxygens (including phenoxy) is 1. The molecule has 1 amide bonds. The summed E-state index contributed by atoms with van der Waals surface area (Å²) in [5.41, 5.74) is 1.31. The Labute approximate surface area is 146 Å². The molecule has 2 heterocycles. The van der Waals surface area contributed by atoms with Gasteiger partial charge in [0.25, 0.3) is 5.91 Å². The van der Waals surface area contributed by atoms with Crippen LogP contribution >= 0.6 is 22.7 Å². The smallest absolute Gasteiger partial charge is 0.355 e. The van der Waals surface area contributed by atoms with Gasteiger partial charge in [0.1, 0.15) is 10.6 Å². The van der Waals surface area contributed by atoms with Gasteiger partial charge in [0, 0.05) is 5.69 Å². The number of nitrogens with one attached hydrogen (secondary N) is 1. The van der Waals surface area contributed by atoms with Gasteiger partial charge in [-0.05, 0) is 49.6 Å². The quantitative estimate of drug-likeness (QED) is 0.558. The van der Waals surface area contributed by atoms with Crippen LogP contribution in [0.3, 0.4) is 0 Å². The first-order chi connectivity index (χ1) is 11.5. The highest BCUT2D eigenvalue weighted by atomic mass is 32.1. The van der Waals surface area contributed by atoms with E-state index in [1.807, 2.05) is 18.4 Å². The summed E-state index contributed by atoms with van der Waals surface area (Å²) in [6, 6.07) is 10.3. The molecule has 1 aromatic carbocycles. The molecule has 0 bridgehead atoms. The van der Waals surface area contributed by atoms with E-state index >= 15 is 0 Å². The Morgan fingerprint density at radius 2 is 1.88 bits per heavy atom. The van der Waals surface area contributed by atoms with E-state index < -0.39 is 5.97 Å². The van der Waals surface area contributed by atoms with Gasteiger partial charge < -0.3 is 10.1 Å². The minimum absolute atomic E-state index is 0.162. The molecule has 0 aliphatic heterocycles. The third-order valence-corrected chi connectivity index (χ3v) is 5.08. The zero-order valence-electron chi connectivity index (χ0n) is 13.0. The van der Waals surface area contributed by atoms with Gasteiger partial charge in [-0.1, -0.05) is 6.07 Å². The number of benzene rings is 1. The molecule has 7 heteroatoms. The molecule has 2 aromatic heterocycles. The molecule has 3 aromatic rings. The first-order valence-electron chi connectivity index (χ1n) is 7.14. The highest BCUT2D eigenvalue weighted by Crippen LogP contribution is 2.22. The van der Waals surface area contributed by atoms with Gasteiger partial charge in [-0.15, -0.1) is 22.7 Å². The third-order valence-electron chi connectivity index (χ3n) is 3.16. The van der Waals surface area contributed by atoms with Crippen LogP contribution < -0.4 is 10.1 Å². The first-order valence-corrected chi connectivity index (χ1v) is 8.83. The van der Waals surface area contributed by atoms with E-state index in [1.165, 1.54) is 22.7 Å². The number of aromatic nitrogens is 1. The van der Waals surface area contributed by atoms with E-state index in [0.29, 0.717) is 26.9 Å². The van der Waals surface area contributed by atoms with Crippen molar-refractivity contribution >= 4 is 40.2 Å². The molecule has 0 aliphatic rings. The minimum Gasteiger partial charge on any atom is -0.422 e. The van der Waals surface area contributed by atoms with Crippen LogP contribution in [0.2, 0.25) is 0 Å². The Bertz CT molecular complexity index is 868. The largest absolute Gasteiger partial charge is 0.422 e. The van der Waals surface area contributed by atoms with Crippen molar-refractivity contribution in [3.05, 3.63) is 62.2 Å². The molecule has 0 fully saturated rings. The molecule has 0 radical (unpaired) electrons. The number of thiophene rings is 1. The minimum atomic E-state index is -0.423. The Kier molecular flexibility index (Phi) is 4.73. The number of esters is 1. The van der Waals surface area contributed by atoms with Crippen LogP contribution in [0.4, 0.5) is 5.69 Å². The van der Waals surface area contributed by atoms with Gasteiger partial charge in [-0.2, -0.15) is 0 Å². The summed E-state index contributed by atoms with van der Waals surface area (Å²) in [5.74, 6) is -0.168. The summed E-state index contributed by atoms with van der Waals surface area (Å²) in [6.07, 6.45) is 0. The fourth-order valence-corrected chi connectivity index (χ4v) is 3.50. The molecular weight excluding hydrogens is 344 g/mol. The maximum Gasteiger partial charge on any atom is 0.355 e. The lowest BCUT2D eigenvalue weighted by molar-refractivity contribution is 0.0738. The summed E-state index contributed by atoms with van der Waals surface area (Å²) in [4.78, 5) is 29.5. The SMILES string of the molecule is Cc1nc(C)c(C(=O)Oc2ccc(NC(=O)c3cccs3)cc2)s1. The maximum atomic E-state index is 12.1. The highest BCUT2D eigenvalue weighted by Gasteiger charge is 2.16. The number of hydrogen-bond acceptors (Lipinski definition) is 6. The number of carbonyl (C=O) groups is 2. The predicted octanol–water partition coefficient (Wildman–Crippen LogP) is 4.29. The Balaban J connectivity index is 1.65. The van der Waals surface area contributed by atoms with E-state index in [9.17, 15) is 9.59 Å². The zero-order chi connectivity index (χ0) is 17.1. The van der Waals surface area contributed by atoms with E-state index in [0.717, 1.165) is 5.01 Å². The second-order valence-electron chi connectivity index (χ2n) is 4.99. The molecule has 0 saturated carbocycles. The Hall–Kier alpha value is -2.51. The lowest BCUT2D eigenvalue weighted by Crippen LogP contribution is -2.10. The van der Waals surface area contributed by atoms with Gasteiger partial charge in [0.15, 0.2) is 0 Å². The van der Waals surface area contributed by atoms with Crippen LogP contribution in [0.5, 0.6) is 5.75 Å². The standard InChI is InChI=1S/C17H14N2O3S2/c1-10-15(24-11(2)18-10)17(21)22-13-7-5-12(6-8-13)19-16(20)14-4-3-9-23-14/h3-9H,1-2H3,(H,19,20).